The smallest absolute Gasteiger partial charge is 0.337 e. The molecular weight excluding hydrogens is 398 g/mol. The summed E-state index contributed by atoms with van der Waals surface area (Å²) in [6, 6.07) is 0.331. The van der Waals surface area contributed by atoms with E-state index in [1.807, 2.05) is 19.9 Å². The molecule has 0 aliphatic carbocycles. The van der Waals surface area contributed by atoms with Crippen LogP contribution in [0.4, 0.5) is 0 Å². The van der Waals surface area contributed by atoms with Crippen molar-refractivity contribution in [3.05, 3.63) is 24.5 Å². The average Bonchev–Trinajstić information content (AvgIpc) is 2.66. The maximum Gasteiger partial charge on any atom is 0.337 e. The largest absolute Gasteiger partial charge is 0.456 e. The molecule has 0 amide bonds. The maximum atomic E-state index is 12.2. The second kappa shape index (κ2) is 10.0. The van der Waals surface area contributed by atoms with Gasteiger partial charge in [-0.15, -0.1) is 6.58 Å². The molecule has 178 valence electrons. The molecule has 0 radical (unpaired) electrons. The van der Waals surface area contributed by atoms with Gasteiger partial charge in [-0.3, -0.25) is 0 Å². The molecule has 0 N–H and O–H groups in total. The van der Waals surface area contributed by atoms with Gasteiger partial charge in [0.05, 0.1) is 23.9 Å². The molecule has 1 fully saturated rings. The Hall–Kier alpha value is -1.41. The van der Waals surface area contributed by atoms with Crippen LogP contribution in [0.2, 0.25) is 0 Å². The Morgan fingerprint density at radius 3 is 2.52 bits per heavy atom. The summed E-state index contributed by atoms with van der Waals surface area (Å²) in [5.41, 5.74) is -0.700. The van der Waals surface area contributed by atoms with Gasteiger partial charge in [0.15, 0.2) is 6.29 Å². The molecule has 2 heterocycles. The molecule has 7 nitrogen and oxygen atoms in total. The van der Waals surface area contributed by atoms with Crippen molar-refractivity contribution >= 4 is 5.97 Å². The number of cyclic esters (lactones) is 1. The predicted octanol–water partition coefficient (Wildman–Crippen LogP) is 3.88. The second-order valence-corrected chi connectivity index (χ2v) is 9.77. The van der Waals surface area contributed by atoms with Crippen molar-refractivity contribution < 1.29 is 28.5 Å². The van der Waals surface area contributed by atoms with Crippen molar-refractivity contribution in [3.8, 4) is 0 Å². The summed E-state index contributed by atoms with van der Waals surface area (Å²) in [6.45, 7) is 15.5. The van der Waals surface area contributed by atoms with Gasteiger partial charge < -0.3 is 28.6 Å². The van der Waals surface area contributed by atoms with Crippen LogP contribution >= 0.6 is 0 Å². The molecule has 0 aromatic rings. The Labute approximate surface area is 187 Å². The summed E-state index contributed by atoms with van der Waals surface area (Å²) < 4.78 is 30.1. The van der Waals surface area contributed by atoms with E-state index < -0.39 is 29.8 Å². The number of rotatable bonds is 9. The van der Waals surface area contributed by atoms with Gasteiger partial charge in [0.2, 0.25) is 5.79 Å². The van der Waals surface area contributed by atoms with Crippen LogP contribution in [0.25, 0.3) is 0 Å². The first kappa shape index (κ1) is 25.8. The highest BCUT2D eigenvalue weighted by Crippen LogP contribution is 2.39. The molecule has 7 heteroatoms. The SMILES string of the molecule is C=CC[C@@](C)(OC)[C@H](O[C@@H]1OC(C)CC(N(C)C)C1C)[C@H](C)C1=CC(=O)OC(C)(C)O1. The molecule has 0 bridgehead atoms. The van der Waals surface area contributed by atoms with Crippen molar-refractivity contribution in [2.45, 2.75) is 90.3 Å². The van der Waals surface area contributed by atoms with Crippen LogP contribution in [0.15, 0.2) is 24.5 Å². The third kappa shape index (κ3) is 6.09. The van der Waals surface area contributed by atoms with Crippen molar-refractivity contribution in [1.82, 2.24) is 4.90 Å². The molecule has 0 saturated carbocycles. The summed E-state index contributed by atoms with van der Waals surface area (Å²) in [5.74, 6) is -1.10. The Balaban J connectivity index is 2.39. The van der Waals surface area contributed by atoms with Crippen molar-refractivity contribution in [2.24, 2.45) is 11.8 Å². The lowest BCUT2D eigenvalue weighted by Crippen LogP contribution is -2.55. The number of nitrogens with zero attached hydrogens (tertiary/aromatic N) is 1. The van der Waals surface area contributed by atoms with Crippen LogP contribution in [-0.2, 0) is 28.5 Å². The monoisotopic (exact) mass is 439 g/mol. The fourth-order valence-corrected chi connectivity index (χ4v) is 4.61. The van der Waals surface area contributed by atoms with E-state index >= 15 is 0 Å². The Morgan fingerprint density at radius 1 is 1.35 bits per heavy atom. The summed E-state index contributed by atoms with van der Waals surface area (Å²) in [4.78, 5) is 14.4. The first-order valence-electron chi connectivity index (χ1n) is 11.1. The third-order valence-electron chi connectivity index (χ3n) is 6.41. The normalized spacial score (nSPS) is 32.3. The molecule has 31 heavy (non-hydrogen) atoms. The molecule has 2 aliphatic heterocycles. The number of esters is 1. The zero-order chi connectivity index (χ0) is 23.6. The van der Waals surface area contributed by atoms with Crippen LogP contribution in [0.5, 0.6) is 0 Å². The molecule has 1 saturated heterocycles. The quantitative estimate of drug-likeness (QED) is 0.399. The highest BCUT2D eigenvalue weighted by atomic mass is 16.7. The first-order valence-corrected chi connectivity index (χ1v) is 11.1. The molecule has 2 rings (SSSR count). The van der Waals surface area contributed by atoms with Crippen LogP contribution in [-0.4, -0.2) is 68.0 Å². The molecular formula is C24H41NO6. The summed E-state index contributed by atoms with van der Waals surface area (Å²) in [6.07, 6.45) is 3.90. The number of carbonyl (C=O) groups is 1. The number of hydrogen-bond donors (Lipinski definition) is 0. The average molecular weight is 440 g/mol. The number of methoxy groups -OCH3 is 1. The predicted molar refractivity (Wildman–Crippen MR) is 119 cm³/mol. The van der Waals surface area contributed by atoms with Gasteiger partial charge in [-0.2, -0.15) is 0 Å². The van der Waals surface area contributed by atoms with E-state index in [0.717, 1.165) is 6.42 Å². The van der Waals surface area contributed by atoms with Crippen LogP contribution < -0.4 is 0 Å². The van der Waals surface area contributed by atoms with E-state index in [-0.39, 0.29) is 17.9 Å². The molecule has 2 aliphatic rings. The minimum absolute atomic E-state index is 0.0665. The summed E-state index contributed by atoms with van der Waals surface area (Å²) in [5, 5.41) is 0. The van der Waals surface area contributed by atoms with Gasteiger partial charge in [-0.1, -0.05) is 19.9 Å². The molecule has 0 spiro atoms. The Bertz CT molecular complexity index is 675. The van der Waals surface area contributed by atoms with E-state index in [2.05, 4.69) is 39.4 Å². The van der Waals surface area contributed by atoms with E-state index in [1.54, 1.807) is 21.0 Å². The van der Waals surface area contributed by atoms with Crippen LogP contribution in [0, 0.1) is 11.8 Å². The Kier molecular flexibility index (Phi) is 8.36. The van der Waals surface area contributed by atoms with Crippen LogP contribution in [0.1, 0.15) is 54.4 Å². The topological polar surface area (TPSA) is 66.5 Å². The summed E-state index contributed by atoms with van der Waals surface area (Å²) in [7, 11) is 5.83. The molecule has 0 aromatic carbocycles. The minimum atomic E-state index is -1.04. The lowest BCUT2D eigenvalue weighted by Gasteiger charge is -2.47. The third-order valence-corrected chi connectivity index (χ3v) is 6.41. The van der Waals surface area contributed by atoms with E-state index in [9.17, 15) is 4.79 Å². The van der Waals surface area contributed by atoms with Crippen molar-refractivity contribution in [1.29, 1.82) is 0 Å². The molecule has 7 atom stereocenters. The number of hydrogen-bond acceptors (Lipinski definition) is 7. The van der Waals surface area contributed by atoms with E-state index in [1.165, 1.54) is 6.08 Å². The first-order chi connectivity index (χ1) is 14.3. The van der Waals surface area contributed by atoms with Crippen molar-refractivity contribution in [2.75, 3.05) is 21.2 Å². The molecule has 3 unspecified atom stereocenters. The lowest BCUT2D eigenvalue weighted by molar-refractivity contribution is -0.282. The van der Waals surface area contributed by atoms with E-state index in [0.29, 0.717) is 18.2 Å². The van der Waals surface area contributed by atoms with Gasteiger partial charge in [0.1, 0.15) is 5.76 Å². The fourth-order valence-electron chi connectivity index (χ4n) is 4.61. The van der Waals surface area contributed by atoms with Gasteiger partial charge in [-0.25, -0.2) is 4.79 Å². The van der Waals surface area contributed by atoms with Gasteiger partial charge in [0.25, 0.3) is 0 Å². The summed E-state index contributed by atoms with van der Waals surface area (Å²) >= 11 is 0. The number of carbonyl (C=O) groups excluding carboxylic acids is 1. The van der Waals surface area contributed by atoms with Gasteiger partial charge >= 0.3 is 5.97 Å². The standard InChI is InChI=1S/C24H41NO6/c1-11-12-24(7,27-10)21(17(4)19-14-20(26)31-23(5,6)30-19)29-22-16(3)18(25(8)9)13-15(2)28-22/h11,14-18,21-22H,1,12-13H2,2-10H3/t15?,16?,17-,18?,21-,22+,24-/m1/s1. The van der Waals surface area contributed by atoms with Gasteiger partial charge in [-0.05, 0) is 40.8 Å². The highest BCUT2D eigenvalue weighted by Gasteiger charge is 2.46. The van der Waals surface area contributed by atoms with Crippen LogP contribution in [0.3, 0.4) is 0 Å². The number of ether oxygens (including phenoxy) is 5. The zero-order valence-electron chi connectivity index (χ0n) is 20.6. The zero-order valence-corrected chi connectivity index (χ0v) is 20.6. The maximum absolute atomic E-state index is 12.2. The van der Waals surface area contributed by atoms with E-state index in [4.69, 9.17) is 23.7 Å². The van der Waals surface area contributed by atoms with Gasteiger partial charge in [0, 0.05) is 38.8 Å². The molecule has 0 aromatic heterocycles. The lowest BCUT2D eigenvalue weighted by atomic mass is 9.84. The second-order valence-electron chi connectivity index (χ2n) is 9.77. The minimum Gasteiger partial charge on any atom is -0.456 e. The fraction of sp³-hybridized carbons (Fsp3) is 0.792. The Morgan fingerprint density at radius 2 is 2.00 bits per heavy atom. The van der Waals surface area contributed by atoms with Crippen molar-refractivity contribution in [3.63, 3.8) is 0 Å². The highest BCUT2D eigenvalue weighted by molar-refractivity contribution is 5.83.